The van der Waals surface area contributed by atoms with E-state index in [0.717, 1.165) is 0 Å². The number of carbonyl (C=O) groups is 3. The first kappa shape index (κ1) is 10.5. The van der Waals surface area contributed by atoms with Gasteiger partial charge >= 0.3 is 5.97 Å². The molecule has 2 rings (SSSR count). The summed E-state index contributed by atoms with van der Waals surface area (Å²) < 4.78 is 4.81. The molecule has 0 fully saturated rings. The predicted octanol–water partition coefficient (Wildman–Crippen LogP) is 1.63. The number of hydrogen-bond acceptors (Lipinski definition) is 4. The Labute approximate surface area is 92.2 Å². The second kappa shape index (κ2) is 3.89. The summed E-state index contributed by atoms with van der Waals surface area (Å²) in [5.74, 6) is -0.890. The minimum atomic E-state index is -0.475. The predicted molar refractivity (Wildman–Crippen MR) is 55.7 cm³/mol. The highest BCUT2D eigenvalue weighted by Gasteiger charge is 2.28. The third kappa shape index (κ3) is 1.62. The molecule has 0 atom stereocenters. The minimum Gasteiger partial charge on any atom is -0.462 e. The van der Waals surface area contributed by atoms with Crippen molar-refractivity contribution >= 4 is 17.5 Å². The zero-order valence-electron chi connectivity index (χ0n) is 8.78. The van der Waals surface area contributed by atoms with E-state index in [0.29, 0.717) is 16.7 Å². The topological polar surface area (TPSA) is 60.4 Å². The molecule has 1 aromatic carbocycles. The summed E-state index contributed by atoms with van der Waals surface area (Å²) in [6.07, 6.45) is -0.0956. The van der Waals surface area contributed by atoms with Gasteiger partial charge in [-0.05, 0) is 25.1 Å². The third-order valence-electron chi connectivity index (χ3n) is 2.45. The average Bonchev–Trinajstić information content (AvgIpc) is 2.55. The maximum Gasteiger partial charge on any atom is 0.338 e. The van der Waals surface area contributed by atoms with Gasteiger partial charge in [0, 0.05) is 11.1 Å². The fourth-order valence-corrected chi connectivity index (χ4v) is 1.70. The van der Waals surface area contributed by atoms with Gasteiger partial charge in [0.2, 0.25) is 0 Å². The first-order chi connectivity index (χ1) is 7.63. The Hall–Kier alpha value is -1.97. The van der Waals surface area contributed by atoms with Crippen LogP contribution in [0.4, 0.5) is 0 Å². The zero-order valence-corrected chi connectivity index (χ0v) is 8.78. The van der Waals surface area contributed by atoms with Crippen molar-refractivity contribution in [3.05, 3.63) is 34.9 Å². The molecule has 1 aromatic rings. The number of ketones is 2. The van der Waals surface area contributed by atoms with Gasteiger partial charge in [0.15, 0.2) is 11.6 Å². The van der Waals surface area contributed by atoms with Gasteiger partial charge in [-0.2, -0.15) is 0 Å². The Morgan fingerprint density at radius 1 is 1.25 bits per heavy atom. The van der Waals surface area contributed by atoms with E-state index < -0.39 is 5.97 Å². The highest BCUT2D eigenvalue weighted by molar-refractivity contribution is 6.24. The molecule has 4 heteroatoms. The van der Waals surface area contributed by atoms with Crippen molar-refractivity contribution in [1.82, 2.24) is 0 Å². The van der Waals surface area contributed by atoms with Crippen molar-refractivity contribution in [2.75, 3.05) is 6.61 Å². The monoisotopic (exact) mass is 218 g/mol. The Morgan fingerprint density at radius 3 is 2.62 bits per heavy atom. The number of rotatable bonds is 2. The molecule has 1 aliphatic rings. The molecule has 0 aromatic heterocycles. The molecule has 82 valence electrons. The van der Waals surface area contributed by atoms with Crippen LogP contribution in [0, 0.1) is 0 Å². The van der Waals surface area contributed by atoms with E-state index in [9.17, 15) is 14.4 Å². The Balaban J connectivity index is 2.40. The lowest BCUT2D eigenvalue weighted by Gasteiger charge is -2.03. The van der Waals surface area contributed by atoms with Crippen molar-refractivity contribution in [2.24, 2.45) is 0 Å². The van der Waals surface area contributed by atoms with Gasteiger partial charge in [-0.1, -0.05) is 0 Å². The van der Waals surface area contributed by atoms with E-state index in [2.05, 4.69) is 0 Å². The van der Waals surface area contributed by atoms with Gasteiger partial charge in [-0.25, -0.2) is 4.79 Å². The van der Waals surface area contributed by atoms with Gasteiger partial charge in [-0.15, -0.1) is 0 Å². The highest BCUT2D eigenvalue weighted by Crippen LogP contribution is 2.23. The van der Waals surface area contributed by atoms with Crippen LogP contribution < -0.4 is 0 Å². The van der Waals surface area contributed by atoms with Crippen LogP contribution in [0.25, 0.3) is 0 Å². The molecule has 0 bridgehead atoms. The highest BCUT2D eigenvalue weighted by atomic mass is 16.5. The Morgan fingerprint density at radius 2 is 1.94 bits per heavy atom. The first-order valence-corrected chi connectivity index (χ1v) is 5.01. The molecule has 0 saturated heterocycles. The summed E-state index contributed by atoms with van der Waals surface area (Å²) >= 11 is 0. The van der Waals surface area contributed by atoms with E-state index >= 15 is 0 Å². The van der Waals surface area contributed by atoms with Crippen LogP contribution in [0.15, 0.2) is 18.2 Å². The molecule has 0 radical (unpaired) electrons. The second-order valence-electron chi connectivity index (χ2n) is 3.50. The van der Waals surface area contributed by atoms with Crippen molar-refractivity contribution in [1.29, 1.82) is 0 Å². The first-order valence-electron chi connectivity index (χ1n) is 5.01. The number of fused-ring (bicyclic) bond motifs is 1. The van der Waals surface area contributed by atoms with Gasteiger partial charge < -0.3 is 4.74 Å². The number of hydrogen-bond donors (Lipinski definition) is 0. The van der Waals surface area contributed by atoms with Crippen LogP contribution in [-0.2, 0) is 4.74 Å². The number of carbonyl (C=O) groups excluding carboxylic acids is 3. The second-order valence-corrected chi connectivity index (χ2v) is 3.50. The maximum atomic E-state index is 11.4. The van der Waals surface area contributed by atoms with Gasteiger partial charge in [0.25, 0.3) is 0 Å². The quantitative estimate of drug-likeness (QED) is 0.559. The van der Waals surface area contributed by atoms with Gasteiger partial charge in [-0.3, -0.25) is 9.59 Å². The number of Topliss-reactive ketones (excluding diaryl/α,β-unsaturated/α-hetero) is 2. The van der Waals surface area contributed by atoms with Crippen molar-refractivity contribution in [3.8, 4) is 0 Å². The summed E-state index contributed by atoms with van der Waals surface area (Å²) in [5.41, 5.74) is 1.04. The molecule has 0 heterocycles. The molecule has 0 aliphatic heterocycles. The van der Waals surface area contributed by atoms with Gasteiger partial charge in [0.05, 0.1) is 18.6 Å². The molecule has 0 saturated carbocycles. The lowest BCUT2D eigenvalue weighted by atomic mass is 10.1. The Bertz CT molecular complexity index is 488. The summed E-state index contributed by atoms with van der Waals surface area (Å²) in [5, 5.41) is 0. The lowest BCUT2D eigenvalue weighted by Crippen LogP contribution is -2.06. The van der Waals surface area contributed by atoms with E-state index in [-0.39, 0.29) is 24.6 Å². The van der Waals surface area contributed by atoms with Crippen LogP contribution in [0.1, 0.15) is 44.4 Å². The molecule has 4 nitrogen and oxygen atoms in total. The van der Waals surface area contributed by atoms with Gasteiger partial charge in [0.1, 0.15) is 0 Å². The zero-order chi connectivity index (χ0) is 11.7. The number of ether oxygens (including phenoxy) is 1. The molecular weight excluding hydrogens is 208 g/mol. The molecule has 0 amide bonds. The van der Waals surface area contributed by atoms with Crippen LogP contribution >= 0.6 is 0 Å². The fraction of sp³-hybridized carbons (Fsp3) is 0.250. The summed E-state index contributed by atoms with van der Waals surface area (Å²) in [6.45, 7) is 1.99. The third-order valence-corrected chi connectivity index (χ3v) is 2.45. The van der Waals surface area contributed by atoms with E-state index in [1.165, 1.54) is 18.2 Å². The summed E-state index contributed by atoms with van der Waals surface area (Å²) in [6, 6.07) is 4.45. The number of esters is 1. The van der Waals surface area contributed by atoms with Crippen LogP contribution in [0.5, 0.6) is 0 Å². The normalized spacial score (nSPS) is 13.8. The largest absolute Gasteiger partial charge is 0.462 e. The summed E-state index contributed by atoms with van der Waals surface area (Å²) in [4.78, 5) is 34.2. The van der Waals surface area contributed by atoms with E-state index in [4.69, 9.17) is 4.74 Å². The number of benzene rings is 1. The van der Waals surface area contributed by atoms with E-state index in [1.807, 2.05) is 0 Å². The molecule has 16 heavy (non-hydrogen) atoms. The standard InChI is InChI=1S/C12H10O4/c1-2-16-12(15)7-3-4-8-9(5-7)11(14)6-10(8)13/h3-5H,2,6H2,1H3. The summed E-state index contributed by atoms with van der Waals surface area (Å²) in [7, 11) is 0. The lowest BCUT2D eigenvalue weighted by molar-refractivity contribution is 0.0526. The maximum absolute atomic E-state index is 11.4. The smallest absolute Gasteiger partial charge is 0.338 e. The molecule has 0 spiro atoms. The molecule has 1 aliphatic carbocycles. The van der Waals surface area contributed by atoms with Crippen LogP contribution in [0.2, 0.25) is 0 Å². The fourth-order valence-electron chi connectivity index (χ4n) is 1.70. The van der Waals surface area contributed by atoms with Crippen molar-refractivity contribution in [3.63, 3.8) is 0 Å². The molecular formula is C12H10O4. The van der Waals surface area contributed by atoms with Crippen molar-refractivity contribution in [2.45, 2.75) is 13.3 Å². The average molecular weight is 218 g/mol. The molecule has 0 unspecified atom stereocenters. The van der Waals surface area contributed by atoms with Crippen molar-refractivity contribution < 1.29 is 19.1 Å². The SMILES string of the molecule is CCOC(=O)c1ccc2c(c1)C(=O)CC2=O. The van der Waals surface area contributed by atoms with Crippen LogP contribution in [0.3, 0.4) is 0 Å². The van der Waals surface area contributed by atoms with E-state index in [1.54, 1.807) is 6.92 Å². The molecule has 0 N–H and O–H groups in total. The Kier molecular flexibility index (Phi) is 2.56. The minimum absolute atomic E-state index is 0.0956. The van der Waals surface area contributed by atoms with Crippen LogP contribution in [-0.4, -0.2) is 24.1 Å².